The Bertz CT molecular complexity index is 448. The molecule has 26 heavy (non-hydrogen) atoms. The monoisotopic (exact) mass is 383 g/mol. The van der Waals surface area contributed by atoms with Gasteiger partial charge in [-0.05, 0) is 70.4 Å². The van der Waals surface area contributed by atoms with Gasteiger partial charge in [0.15, 0.2) is 0 Å². The molecule has 3 saturated heterocycles. The van der Waals surface area contributed by atoms with E-state index in [4.69, 9.17) is 0 Å². The molecule has 4 rings (SSSR count). The fourth-order valence-corrected chi connectivity index (χ4v) is 6.12. The molecule has 4 fully saturated rings. The Morgan fingerprint density at radius 2 is 1.58 bits per heavy atom. The van der Waals surface area contributed by atoms with Gasteiger partial charge in [-0.3, -0.25) is 9.69 Å². The van der Waals surface area contributed by atoms with Crippen molar-refractivity contribution in [2.45, 2.75) is 101 Å². The molecule has 2 bridgehead atoms. The summed E-state index contributed by atoms with van der Waals surface area (Å²) in [6.07, 6.45) is 16.5. The van der Waals surface area contributed by atoms with Crippen LogP contribution < -0.4 is 10.6 Å². The van der Waals surface area contributed by atoms with E-state index >= 15 is 0 Å². The molecule has 0 aromatic rings. The average Bonchev–Trinajstić information content (AvgIpc) is 3.00. The second-order valence-electron chi connectivity index (χ2n) is 9.29. The van der Waals surface area contributed by atoms with Crippen LogP contribution in [-0.2, 0) is 4.79 Å². The molecule has 1 aliphatic carbocycles. The first-order valence-electron chi connectivity index (χ1n) is 11.0. The van der Waals surface area contributed by atoms with E-state index in [1.54, 1.807) is 0 Å². The van der Waals surface area contributed by atoms with Gasteiger partial charge in [0.05, 0.1) is 0 Å². The number of hydrogen-bond acceptors (Lipinski definition) is 3. The third-order valence-corrected chi connectivity index (χ3v) is 7.47. The molecule has 150 valence electrons. The zero-order chi connectivity index (χ0) is 17.1. The number of piperidine rings is 2. The second-order valence-corrected chi connectivity index (χ2v) is 9.29. The van der Waals surface area contributed by atoms with Crippen LogP contribution in [0.1, 0.15) is 83.5 Å². The van der Waals surface area contributed by atoms with Crippen LogP contribution in [0.25, 0.3) is 0 Å². The minimum absolute atomic E-state index is 0. The Hall–Kier alpha value is -0.320. The third kappa shape index (κ3) is 4.74. The van der Waals surface area contributed by atoms with E-state index in [9.17, 15) is 4.79 Å². The van der Waals surface area contributed by atoms with E-state index in [0.29, 0.717) is 23.9 Å². The number of carbonyl (C=O) groups is 1. The summed E-state index contributed by atoms with van der Waals surface area (Å²) < 4.78 is 0. The summed E-state index contributed by atoms with van der Waals surface area (Å²) in [5.41, 5.74) is 0.265. The third-order valence-electron chi connectivity index (χ3n) is 7.47. The maximum Gasteiger partial charge on any atom is 0.220 e. The van der Waals surface area contributed by atoms with Crippen molar-refractivity contribution in [3.05, 3.63) is 0 Å². The maximum absolute atomic E-state index is 12.7. The Kier molecular flexibility index (Phi) is 7.26. The van der Waals surface area contributed by atoms with Gasteiger partial charge < -0.3 is 10.6 Å². The molecule has 1 saturated carbocycles. The van der Waals surface area contributed by atoms with Crippen molar-refractivity contribution in [3.8, 4) is 0 Å². The number of nitrogens with one attached hydrogen (secondary N) is 2. The normalized spacial score (nSPS) is 34.1. The van der Waals surface area contributed by atoms with Gasteiger partial charge in [0, 0.05) is 30.6 Å². The van der Waals surface area contributed by atoms with Crippen LogP contribution in [0.3, 0.4) is 0 Å². The van der Waals surface area contributed by atoms with Gasteiger partial charge in [0.25, 0.3) is 0 Å². The first kappa shape index (κ1) is 20.4. The van der Waals surface area contributed by atoms with Crippen molar-refractivity contribution in [1.82, 2.24) is 15.5 Å². The smallest absolute Gasteiger partial charge is 0.220 e. The zero-order valence-corrected chi connectivity index (χ0v) is 17.1. The lowest BCUT2D eigenvalue weighted by atomic mass is 9.79. The highest BCUT2D eigenvalue weighted by atomic mass is 35.5. The van der Waals surface area contributed by atoms with Crippen molar-refractivity contribution < 1.29 is 4.79 Å². The molecule has 2 N–H and O–H groups in total. The maximum atomic E-state index is 12.7. The van der Waals surface area contributed by atoms with Gasteiger partial charge in [-0.2, -0.15) is 0 Å². The first-order valence-corrected chi connectivity index (χ1v) is 11.0. The Balaban J connectivity index is 0.00000196. The lowest BCUT2D eigenvalue weighted by Crippen LogP contribution is -2.58. The number of fused-ring (bicyclic) bond motifs is 2. The van der Waals surface area contributed by atoms with Crippen molar-refractivity contribution in [2.75, 3.05) is 19.6 Å². The lowest BCUT2D eigenvalue weighted by molar-refractivity contribution is -0.123. The van der Waals surface area contributed by atoms with Gasteiger partial charge in [0.2, 0.25) is 5.91 Å². The highest BCUT2D eigenvalue weighted by Gasteiger charge is 2.39. The van der Waals surface area contributed by atoms with E-state index in [0.717, 1.165) is 13.0 Å². The van der Waals surface area contributed by atoms with Crippen LogP contribution in [0.2, 0.25) is 0 Å². The summed E-state index contributed by atoms with van der Waals surface area (Å²) in [6.45, 7) is 3.38. The quantitative estimate of drug-likeness (QED) is 0.761. The average molecular weight is 384 g/mol. The summed E-state index contributed by atoms with van der Waals surface area (Å²) in [5.74, 6) is 0.921. The number of rotatable bonds is 5. The summed E-state index contributed by atoms with van der Waals surface area (Å²) >= 11 is 0. The largest absolute Gasteiger partial charge is 0.354 e. The molecule has 3 aliphatic heterocycles. The first-order chi connectivity index (χ1) is 12.2. The molecular formula is C21H38ClN3O. The van der Waals surface area contributed by atoms with Gasteiger partial charge in [-0.1, -0.05) is 25.7 Å². The van der Waals surface area contributed by atoms with Gasteiger partial charge >= 0.3 is 0 Å². The Morgan fingerprint density at radius 1 is 0.962 bits per heavy atom. The number of amides is 1. The van der Waals surface area contributed by atoms with Crippen molar-refractivity contribution >= 4 is 18.3 Å². The fraction of sp³-hybridized carbons (Fsp3) is 0.952. The van der Waals surface area contributed by atoms with E-state index < -0.39 is 0 Å². The minimum atomic E-state index is 0. The molecule has 0 aromatic carbocycles. The SMILES string of the molecule is Cl.O=C(CC1CC2CCC(C1)N2)NCC1(N2CCCCC2)CCCCC1. The van der Waals surface area contributed by atoms with Crippen LogP contribution in [0, 0.1) is 5.92 Å². The highest BCUT2D eigenvalue weighted by molar-refractivity contribution is 5.85. The van der Waals surface area contributed by atoms with Crippen molar-refractivity contribution in [1.29, 1.82) is 0 Å². The molecular weight excluding hydrogens is 346 g/mol. The zero-order valence-electron chi connectivity index (χ0n) is 16.3. The summed E-state index contributed by atoms with van der Waals surface area (Å²) in [7, 11) is 0. The summed E-state index contributed by atoms with van der Waals surface area (Å²) in [5, 5.41) is 7.07. The van der Waals surface area contributed by atoms with E-state index in [2.05, 4.69) is 15.5 Å². The Morgan fingerprint density at radius 3 is 2.23 bits per heavy atom. The number of nitrogens with zero attached hydrogens (tertiary/aromatic N) is 1. The summed E-state index contributed by atoms with van der Waals surface area (Å²) in [6, 6.07) is 1.38. The number of carbonyl (C=O) groups excluding carboxylic acids is 1. The number of likely N-dealkylation sites (tertiary alicyclic amines) is 1. The summed E-state index contributed by atoms with van der Waals surface area (Å²) in [4.78, 5) is 15.4. The van der Waals surface area contributed by atoms with Gasteiger partial charge in [-0.25, -0.2) is 0 Å². The minimum Gasteiger partial charge on any atom is -0.354 e. The molecule has 0 aromatic heterocycles. The fourth-order valence-electron chi connectivity index (χ4n) is 6.12. The molecule has 3 heterocycles. The molecule has 2 unspecified atom stereocenters. The van der Waals surface area contributed by atoms with E-state index in [-0.39, 0.29) is 17.9 Å². The number of halogens is 1. The lowest BCUT2D eigenvalue weighted by Gasteiger charge is -2.48. The molecule has 4 aliphatic rings. The predicted octanol–water partition coefficient (Wildman–Crippen LogP) is 3.63. The second kappa shape index (κ2) is 9.25. The predicted molar refractivity (Wildman–Crippen MR) is 109 cm³/mol. The van der Waals surface area contributed by atoms with Gasteiger partial charge in [0.1, 0.15) is 0 Å². The van der Waals surface area contributed by atoms with Crippen LogP contribution in [-0.4, -0.2) is 48.1 Å². The molecule has 0 spiro atoms. The number of hydrogen-bond donors (Lipinski definition) is 2. The standard InChI is InChI=1S/C21H37N3O.ClH/c25-20(15-17-13-18-7-8-19(14-17)23-18)22-16-21(9-3-1-4-10-21)24-11-5-2-6-12-24;/h17-19,23H,1-16H2,(H,22,25);1H. The van der Waals surface area contributed by atoms with Crippen LogP contribution in [0.5, 0.6) is 0 Å². The van der Waals surface area contributed by atoms with Crippen molar-refractivity contribution in [3.63, 3.8) is 0 Å². The Labute approximate surface area is 165 Å². The molecule has 1 amide bonds. The van der Waals surface area contributed by atoms with Crippen LogP contribution in [0.15, 0.2) is 0 Å². The molecule has 4 nitrogen and oxygen atoms in total. The molecule has 0 radical (unpaired) electrons. The molecule has 2 atom stereocenters. The molecule has 5 heteroatoms. The van der Waals surface area contributed by atoms with Crippen molar-refractivity contribution in [2.24, 2.45) is 5.92 Å². The topological polar surface area (TPSA) is 44.4 Å². The van der Waals surface area contributed by atoms with Crippen LogP contribution >= 0.6 is 12.4 Å². The van der Waals surface area contributed by atoms with Crippen LogP contribution in [0.4, 0.5) is 0 Å². The van der Waals surface area contributed by atoms with E-state index in [1.165, 1.54) is 90.1 Å². The van der Waals surface area contributed by atoms with Gasteiger partial charge in [-0.15, -0.1) is 12.4 Å². The van der Waals surface area contributed by atoms with E-state index in [1.807, 2.05) is 0 Å². The highest BCUT2D eigenvalue weighted by Crippen LogP contribution is 2.36.